The average molecular weight is 767 g/mol. The summed E-state index contributed by atoms with van der Waals surface area (Å²) in [5.41, 5.74) is 0. The minimum Gasteiger partial charge on any atom is -0.462 e. The van der Waals surface area contributed by atoms with Gasteiger partial charge in [-0.2, -0.15) is 0 Å². The number of unbranched alkanes of at least 4 members (excludes halogenated alkanes) is 15. The van der Waals surface area contributed by atoms with Crippen molar-refractivity contribution in [1.29, 1.82) is 0 Å². The quantitative estimate of drug-likeness (QED) is 0.0168. The Morgan fingerprint density at radius 3 is 1.68 bits per heavy atom. The summed E-state index contributed by atoms with van der Waals surface area (Å²) in [6.07, 6.45) is 41.3. The molecule has 53 heavy (non-hydrogen) atoms. The van der Waals surface area contributed by atoms with Gasteiger partial charge in [0, 0.05) is 12.8 Å². The lowest BCUT2D eigenvalue weighted by molar-refractivity contribution is -0.870. The summed E-state index contributed by atoms with van der Waals surface area (Å²) >= 11 is 0. The van der Waals surface area contributed by atoms with Gasteiger partial charge in [0.15, 0.2) is 6.10 Å². The van der Waals surface area contributed by atoms with Crippen LogP contribution in [0.15, 0.2) is 60.8 Å². The topological polar surface area (TPSA) is 108 Å². The van der Waals surface area contributed by atoms with Gasteiger partial charge in [0.1, 0.15) is 19.8 Å². The third kappa shape index (κ3) is 39.2. The van der Waals surface area contributed by atoms with Crippen LogP contribution in [0, 0.1) is 0 Å². The summed E-state index contributed by atoms with van der Waals surface area (Å²) < 4.78 is 34.2. The van der Waals surface area contributed by atoms with Crippen molar-refractivity contribution in [3.05, 3.63) is 60.8 Å². The number of likely N-dealkylation sites (N-methyl/N-ethyl adjacent to an activating group) is 1. The second-order valence-corrected chi connectivity index (χ2v) is 16.2. The van der Waals surface area contributed by atoms with E-state index >= 15 is 0 Å². The largest absolute Gasteiger partial charge is 0.472 e. The molecule has 0 aliphatic rings. The molecule has 0 heterocycles. The van der Waals surface area contributed by atoms with E-state index < -0.39 is 32.5 Å². The fourth-order valence-corrected chi connectivity index (χ4v) is 5.88. The number of phosphoric acid groups is 1. The molecule has 0 rings (SSSR count). The first kappa shape index (κ1) is 50.7. The summed E-state index contributed by atoms with van der Waals surface area (Å²) in [5, 5.41) is 0. The lowest BCUT2D eigenvalue weighted by Crippen LogP contribution is -2.37. The van der Waals surface area contributed by atoms with Gasteiger partial charge in [-0.15, -0.1) is 0 Å². The van der Waals surface area contributed by atoms with E-state index in [1.807, 2.05) is 57.6 Å². The number of nitrogens with zero attached hydrogens (tertiary/aromatic N) is 1. The molecule has 0 saturated heterocycles. The molecule has 2 unspecified atom stereocenters. The van der Waals surface area contributed by atoms with Crippen molar-refractivity contribution in [2.45, 2.75) is 155 Å². The lowest BCUT2D eigenvalue weighted by Gasteiger charge is -2.24. The van der Waals surface area contributed by atoms with Gasteiger partial charge in [-0.3, -0.25) is 18.6 Å². The molecule has 0 amide bonds. The highest BCUT2D eigenvalue weighted by atomic mass is 31.2. The van der Waals surface area contributed by atoms with Crippen LogP contribution in [0.5, 0.6) is 0 Å². The highest BCUT2D eigenvalue weighted by molar-refractivity contribution is 7.47. The molecule has 1 N–H and O–H groups in total. The standard InChI is InChI=1S/C43H76NO8P/c1-6-8-10-12-14-16-18-20-21-22-24-25-27-29-31-33-35-42(45)49-39-41(40-51-53(47,48)50-38-37-44(3,4)5)52-43(46)36-34-32-30-28-26-23-19-17-15-13-11-9-7-2/h9,11,13,15,17,19,21-23,26,41H,6-8,10,12,14,16,18,20,24-25,27-40H2,1-5H3/p+1/b11-9+,15-13+,19-17+,22-21+,26-23+. The van der Waals surface area contributed by atoms with Crippen LogP contribution in [0.3, 0.4) is 0 Å². The molecule has 0 aromatic heterocycles. The third-order valence-corrected chi connectivity index (χ3v) is 9.36. The van der Waals surface area contributed by atoms with Crippen LogP contribution in [-0.4, -0.2) is 74.9 Å². The fourth-order valence-electron chi connectivity index (χ4n) is 5.13. The van der Waals surface area contributed by atoms with Crippen LogP contribution in [0.2, 0.25) is 0 Å². The molecule has 0 aromatic carbocycles. The van der Waals surface area contributed by atoms with Crippen LogP contribution in [-0.2, 0) is 32.7 Å². The zero-order chi connectivity index (χ0) is 39.3. The molecule has 0 aliphatic carbocycles. The Morgan fingerprint density at radius 1 is 0.604 bits per heavy atom. The third-order valence-electron chi connectivity index (χ3n) is 8.38. The number of allylic oxidation sites excluding steroid dienone is 10. The molecule has 9 nitrogen and oxygen atoms in total. The van der Waals surface area contributed by atoms with Crippen molar-refractivity contribution >= 4 is 19.8 Å². The van der Waals surface area contributed by atoms with Crippen molar-refractivity contribution < 1.29 is 42.1 Å². The minimum atomic E-state index is -4.39. The number of carbonyl (C=O) groups is 2. The number of ether oxygens (including phenoxy) is 2. The highest BCUT2D eigenvalue weighted by Crippen LogP contribution is 2.43. The van der Waals surface area contributed by atoms with E-state index in [0.717, 1.165) is 64.2 Å². The molecule has 10 heteroatoms. The van der Waals surface area contributed by atoms with Crippen molar-refractivity contribution in [1.82, 2.24) is 0 Å². The van der Waals surface area contributed by atoms with Gasteiger partial charge in [-0.05, 0) is 57.8 Å². The first-order chi connectivity index (χ1) is 25.5. The fraction of sp³-hybridized carbons (Fsp3) is 0.721. The summed E-state index contributed by atoms with van der Waals surface area (Å²) in [5.74, 6) is -0.860. The second-order valence-electron chi connectivity index (χ2n) is 14.7. The SMILES string of the molecule is CC/C=C/C=C/C=C/C=C/CCCCCC(=O)OC(COC(=O)CCCCCCC/C=C/CCCCCCCCC)COP(=O)(O)OCC[N+](C)(C)C. The van der Waals surface area contributed by atoms with Gasteiger partial charge < -0.3 is 18.9 Å². The number of hydrogen-bond acceptors (Lipinski definition) is 7. The van der Waals surface area contributed by atoms with E-state index in [0.29, 0.717) is 17.4 Å². The van der Waals surface area contributed by atoms with E-state index in [1.165, 1.54) is 51.4 Å². The number of phosphoric ester groups is 1. The maximum atomic E-state index is 12.6. The Balaban J connectivity index is 4.47. The van der Waals surface area contributed by atoms with Crippen molar-refractivity contribution in [2.24, 2.45) is 0 Å². The van der Waals surface area contributed by atoms with Crippen LogP contribution in [0.1, 0.15) is 149 Å². The van der Waals surface area contributed by atoms with Gasteiger partial charge in [0.25, 0.3) is 0 Å². The van der Waals surface area contributed by atoms with E-state index in [1.54, 1.807) is 0 Å². The Morgan fingerprint density at radius 2 is 1.09 bits per heavy atom. The molecule has 0 radical (unpaired) electrons. The maximum Gasteiger partial charge on any atom is 0.472 e. The molecule has 2 atom stereocenters. The van der Waals surface area contributed by atoms with E-state index in [9.17, 15) is 19.0 Å². The number of quaternary nitrogens is 1. The van der Waals surface area contributed by atoms with Gasteiger partial charge in [0.05, 0.1) is 27.7 Å². The Kier molecular flexibility index (Phi) is 33.9. The molecule has 306 valence electrons. The van der Waals surface area contributed by atoms with Crippen molar-refractivity contribution in [3.63, 3.8) is 0 Å². The summed E-state index contributed by atoms with van der Waals surface area (Å²) in [7, 11) is 1.43. The second kappa shape index (κ2) is 35.4. The van der Waals surface area contributed by atoms with Crippen LogP contribution >= 0.6 is 7.82 Å². The monoisotopic (exact) mass is 767 g/mol. The van der Waals surface area contributed by atoms with Gasteiger partial charge in [-0.1, -0.05) is 139 Å². The molecular formula is C43H77NO8P+. The smallest absolute Gasteiger partial charge is 0.462 e. The average Bonchev–Trinajstić information content (AvgIpc) is 3.10. The van der Waals surface area contributed by atoms with Crippen molar-refractivity contribution in [3.8, 4) is 0 Å². The summed E-state index contributed by atoms with van der Waals surface area (Å²) in [4.78, 5) is 35.2. The molecule has 0 fully saturated rings. The van der Waals surface area contributed by atoms with E-state index in [2.05, 4.69) is 38.2 Å². The zero-order valence-electron chi connectivity index (χ0n) is 34.2. The number of carbonyl (C=O) groups excluding carboxylic acids is 2. The number of esters is 2. The maximum absolute atomic E-state index is 12.6. The minimum absolute atomic E-state index is 0.0197. The molecule has 0 spiro atoms. The first-order valence-electron chi connectivity index (χ1n) is 20.6. The highest BCUT2D eigenvalue weighted by Gasteiger charge is 2.27. The predicted octanol–water partition coefficient (Wildman–Crippen LogP) is 11.3. The Hall–Kier alpha value is -2.29. The number of hydrogen-bond donors (Lipinski definition) is 1. The van der Waals surface area contributed by atoms with E-state index in [4.69, 9.17) is 18.5 Å². The van der Waals surface area contributed by atoms with Gasteiger partial charge in [0.2, 0.25) is 0 Å². The first-order valence-corrected chi connectivity index (χ1v) is 22.1. The normalized spacial score (nSPS) is 14.3. The van der Waals surface area contributed by atoms with Gasteiger partial charge in [-0.25, -0.2) is 4.57 Å². The van der Waals surface area contributed by atoms with E-state index in [-0.39, 0.29) is 26.1 Å². The summed E-state index contributed by atoms with van der Waals surface area (Å²) in [6, 6.07) is 0. The predicted molar refractivity (Wildman–Crippen MR) is 219 cm³/mol. The molecule has 0 aromatic rings. The summed E-state index contributed by atoms with van der Waals surface area (Å²) in [6.45, 7) is 4.20. The zero-order valence-corrected chi connectivity index (χ0v) is 35.1. The molecule has 0 bridgehead atoms. The molecule has 0 saturated carbocycles. The van der Waals surface area contributed by atoms with Gasteiger partial charge >= 0.3 is 19.8 Å². The number of rotatable bonds is 36. The van der Waals surface area contributed by atoms with Crippen LogP contribution in [0.25, 0.3) is 0 Å². The molecular weight excluding hydrogens is 689 g/mol. The van der Waals surface area contributed by atoms with Crippen LogP contribution < -0.4 is 0 Å². The Labute approximate surface area is 324 Å². The Bertz CT molecular complexity index is 1090. The van der Waals surface area contributed by atoms with Crippen molar-refractivity contribution in [2.75, 3.05) is 47.5 Å². The molecule has 0 aliphatic heterocycles. The van der Waals surface area contributed by atoms with Crippen LogP contribution in [0.4, 0.5) is 0 Å². The lowest BCUT2D eigenvalue weighted by atomic mass is 10.1.